The molecule has 0 aliphatic carbocycles. The Morgan fingerprint density at radius 2 is 1.81 bits per heavy atom. The second kappa shape index (κ2) is 9.77. The number of nitrogens with zero attached hydrogens (tertiary/aromatic N) is 3. The third-order valence-electron chi connectivity index (χ3n) is 5.32. The van der Waals surface area contributed by atoms with Crippen molar-refractivity contribution in [1.82, 2.24) is 14.0 Å². The minimum atomic E-state index is -0.514. The van der Waals surface area contributed by atoms with Gasteiger partial charge < -0.3 is 14.4 Å². The zero-order chi connectivity index (χ0) is 22.7. The van der Waals surface area contributed by atoms with Crippen LogP contribution in [-0.2, 0) is 11.3 Å². The van der Waals surface area contributed by atoms with Gasteiger partial charge in [-0.05, 0) is 43.4 Å². The maximum Gasteiger partial charge on any atom is 0.338 e. The maximum atomic E-state index is 13.6. The van der Waals surface area contributed by atoms with Gasteiger partial charge in [0, 0.05) is 18.1 Å². The Bertz CT molecular complexity index is 1170. The third-order valence-corrected chi connectivity index (χ3v) is 5.86. The van der Waals surface area contributed by atoms with E-state index in [1.165, 1.54) is 18.8 Å². The summed E-state index contributed by atoms with van der Waals surface area (Å²) in [6.07, 6.45) is 0. The van der Waals surface area contributed by atoms with Gasteiger partial charge in [0.05, 0.1) is 36.0 Å². The first kappa shape index (κ1) is 23.2. The Balaban J connectivity index is 2.34. The summed E-state index contributed by atoms with van der Waals surface area (Å²) in [5.41, 5.74) is 1.56. The quantitative estimate of drug-likeness (QED) is 0.465. The highest BCUT2D eigenvalue weighted by Gasteiger charge is 2.23. The molecule has 3 aromatic rings. The molecular formula is C22H25Cl2N3O4. The lowest BCUT2D eigenvalue weighted by atomic mass is 10.1. The van der Waals surface area contributed by atoms with Crippen molar-refractivity contribution in [3.05, 3.63) is 56.4 Å². The molecule has 0 N–H and O–H groups in total. The molecule has 1 heterocycles. The topological polar surface area (TPSA) is 65.7 Å². The summed E-state index contributed by atoms with van der Waals surface area (Å²) >= 11 is 12.5. The molecule has 0 amide bonds. The lowest BCUT2D eigenvalue weighted by molar-refractivity contribution is 0.0600. The summed E-state index contributed by atoms with van der Waals surface area (Å²) in [4.78, 5) is 28.0. The number of benzene rings is 2. The fourth-order valence-electron chi connectivity index (χ4n) is 3.62. The van der Waals surface area contributed by atoms with Crippen LogP contribution in [0.15, 0.2) is 35.1 Å². The van der Waals surface area contributed by atoms with E-state index in [1.54, 1.807) is 34.9 Å². The summed E-state index contributed by atoms with van der Waals surface area (Å²) in [7, 11) is 2.80. The second-order valence-corrected chi connectivity index (χ2v) is 7.77. The zero-order valence-electron chi connectivity index (χ0n) is 17.9. The van der Waals surface area contributed by atoms with Crippen molar-refractivity contribution in [3.63, 3.8) is 0 Å². The number of rotatable bonds is 8. The van der Waals surface area contributed by atoms with Crippen molar-refractivity contribution in [2.24, 2.45) is 0 Å². The summed E-state index contributed by atoms with van der Waals surface area (Å²) in [6, 6.07) is 8.15. The molecule has 7 nitrogen and oxygen atoms in total. The summed E-state index contributed by atoms with van der Waals surface area (Å²) in [6.45, 7) is 6.98. The molecular weight excluding hydrogens is 441 g/mol. The van der Waals surface area contributed by atoms with E-state index in [0.717, 1.165) is 13.1 Å². The lowest BCUT2D eigenvalue weighted by Gasteiger charge is -2.18. The predicted octanol–water partition coefficient (Wildman–Crippen LogP) is 4.24. The number of hydrogen-bond donors (Lipinski definition) is 0. The van der Waals surface area contributed by atoms with Crippen molar-refractivity contribution >= 4 is 40.2 Å². The highest BCUT2D eigenvalue weighted by atomic mass is 35.5. The molecule has 0 saturated heterocycles. The molecule has 0 spiro atoms. The standard InChI is InChI=1S/C22H25Cl2N3O4/c1-5-25(6-2)9-10-26-18-11-14(21(28)31-4)12-19(30-3)20(18)27(22(26)29)17-8-7-15(23)13-16(17)24/h7-8,11-13H,5-6,9-10H2,1-4H3. The Morgan fingerprint density at radius 3 is 2.39 bits per heavy atom. The van der Waals surface area contributed by atoms with Gasteiger partial charge in [-0.1, -0.05) is 37.0 Å². The molecule has 0 aliphatic heterocycles. The lowest BCUT2D eigenvalue weighted by Crippen LogP contribution is -2.31. The first-order valence-corrected chi connectivity index (χ1v) is 10.7. The normalized spacial score (nSPS) is 11.3. The Morgan fingerprint density at radius 1 is 1.10 bits per heavy atom. The average molecular weight is 466 g/mol. The van der Waals surface area contributed by atoms with Crippen LogP contribution in [0.2, 0.25) is 10.0 Å². The van der Waals surface area contributed by atoms with Gasteiger partial charge in [0.1, 0.15) is 11.3 Å². The minimum Gasteiger partial charge on any atom is -0.494 e. The number of methoxy groups -OCH3 is 2. The van der Waals surface area contributed by atoms with Crippen LogP contribution in [-0.4, -0.2) is 53.9 Å². The van der Waals surface area contributed by atoms with E-state index in [2.05, 4.69) is 18.7 Å². The molecule has 0 atom stereocenters. The van der Waals surface area contributed by atoms with E-state index in [9.17, 15) is 9.59 Å². The summed E-state index contributed by atoms with van der Waals surface area (Å²) in [5.74, 6) is -0.150. The van der Waals surface area contributed by atoms with Crippen LogP contribution in [0, 0.1) is 0 Å². The molecule has 0 fully saturated rings. The highest BCUT2D eigenvalue weighted by Crippen LogP contribution is 2.32. The molecule has 3 rings (SSSR count). The van der Waals surface area contributed by atoms with Gasteiger partial charge in [-0.3, -0.25) is 9.13 Å². The first-order valence-electron chi connectivity index (χ1n) is 9.95. The van der Waals surface area contributed by atoms with Gasteiger partial charge in [-0.2, -0.15) is 0 Å². The number of halogens is 2. The molecule has 0 aliphatic rings. The van der Waals surface area contributed by atoms with Crippen molar-refractivity contribution in [2.45, 2.75) is 20.4 Å². The SMILES string of the molecule is CCN(CC)CCn1c(=O)n(-c2ccc(Cl)cc2Cl)c2c(OC)cc(C(=O)OC)cc21. The van der Waals surface area contributed by atoms with Crippen LogP contribution < -0.4 is 10.4 Å². The molecule has 166 valence electrons. The van der Waals surface area contributed by atoms with Crippen molar-refractivity contribution in [2.75, 3.05) is 33.9 Å². The number of hydrogen-bond acceptors (Lipinski definition) is 5. The molecule has 0 radical (unpaired) electrons. The number of imidazole rings is 1. The van der Waals surface area contributed by atoms with E-state index in [4.69, 9.17) is 32.7 Å². The van der Waals surface area contributed by atoms with Gasteiger partial charge in [0.2, 0.25) is 0 Å². The van der Waals surface area contributed by atoms with Gasteiger partial charge >= 0.3 is 11.7 Å². The predicted molar refractivity (Wildman–Crippen MR) is 123 cm³/mol. The van der Waals surface area contributed by atoms with Crippen molar-refractivity contribution in [3.8, 4) is 11.4 Å². The van der Waals surface area contributed by atoms with Gasteiger partial charge in [0.25, 0.3) is 0 Å². The number of likely N-dealkylation sites (N-methyl/N-ethyl adjacent to an activating group) is 1. The monoisotopic (exact) mass is 465 g/mol. The van der Waals surface area contributed by atoms with Crippen molar-refractivity contribution < 1.29 is 14.3 Å². The second-order valence-electron chi connectivity index (χ2n) is 6.93. The number of aromatic nitrogens is 2. The van der Waals surface area contributed by atoms with Crippen LogP contribution in [0.25, 0.3) is 16.7 Å². The van der Waals surface area contributed by atoms with E-state index < -0.39 is 5.97 Å². The third kappa shape index (κ3) is 4.44. The largest absolute Gasteiger partial charge is 0.494 e. The number of esters is 1. The molecule has 0 bridgehead atoms. The van der Waals surface area contributed by atoms with Crippen LogP contribution in [0.4, 0.5) is 0 Å². The van der Waals surface area contributed by atoms with Crippen LogP contribution >= 0.6 is 23.2 Å². The van der Waals surface area contributed by atoms with Crippen LogP contribution in [0.1, 0.15) is 24.2 Å². The summed E-state index contributed by atoms with van der Waals surface area (Å²) < 4.78 is 13.6. The van der Waals surface area contributed by atoms with E-state index in [1.807, 2.05) is 0 Å². The summed E-state index contributed by atoms with van der Waals surface area (Å²) in [5, 5.41) is 0.795. The van der Waals surface area contributed by atoms with E-state index >= 15 is 0 Å². The van der Waals surface area contributed by atoms with Crippen LogP contribution in [0.3, 0.4) is 0 Å². The fourth-order valence-corrected chi connectivity index (χ4v) is 4.11. The Labute approximate surface area is 190 Å². The smallest absolute Gasteiger partial charge is 0.338 e. The Kier molecular flexibility index (Phi) is 7.30. The number of carbonyl (C=O) groups excluding carboxylic acids is 1. The number of ether oxygens (including phenoxy) is 2. The van der Waals surface area contributed by atoms with E-state index in [-0.39, 0.29) is 5.69 Å². The Hall–Kier alpha value is -2.48. The zero-order valence-corrected chi connectivity index (χ0v) is 19.5. The molecule has 2 aromatic carbocycles. The number of fused-ring (bicyclic) bond motifs is 1. The molecule has 1 aromatic heterocycles. The first-order chi connectivity index (χ1) is 14.9. The molecule has 31 heavy (non-hydrogen) atoms. The van der Waals surface area contributed by atoms with Gasteiger partial charge in [0.15, 0.2) is 0 Å². The number of carbonyl (C=O) groups is 1. The van der Waals surface area contributed by atoms with Crippen molar-refractivity contribution in [1.29, 1.82) is 0 Å². The highest BCUT2D eigenvalue weighted by molar-refractivity contribution is 6.35. The van der Waals surface area contributed by atoms with Crippen LogP contribution in [0.5, 0.6) is 5.75 Å². The average Bonchev–Trinajstić information content (AvgIpc) is 3.04. The minimum absolute atomic E-state index is 0.285. The van der Waals surface area contributed by atoms with Gasteiger partial charge in [-0.25, -0.2) is 9.59 Å². The molecule has 0 unspecified atom stereocenters. The molecule has 9 heteroatoms. The maximum absolute atomic E-state index is 13.6. The fraction of sp³-hybridized carbons (Fsp3) is 0.364. The van der Waals surface area contributed by atoms with Gasteiger partial charge in [-0.15, -0.1) is 0 Å². The molecule has 0 saturated carbocycles. The van der Waals surface area contributed by atoms with E-state index in [0.29, 0.717) is 51.2 Å².